The Hall–Kier alpha value is -3.40. The van der Waals surface area contributed by atoms with Gasteiger partial charge in [0.05, 0.1) is 10.5 Å². The van der Waals surface area contributed by atoms with Crippen LogP contribution in [0.1, 0.15) is 11.8 Å². The number of hydrogen-bond donors (Lipinski definition) is 2. The number of aromatic hydroxyl groups is 1. The molecule has 10 heteroatoms. The maximum absolute atomic E-state index is 11.5. The van der Waals surface area contributed by atoms with Crippen LogP contribution in [0.2, 0.25) is 0 Å². The summed E-state index contributed by atoms with van der Waals surface area (Å²) in [7, 11) is 0. The molecule has 1 atom stereocenters. The van der Waals surface area contributed by atoms with Gasteiger partial charge in [0.15, 0.2) is 5.69 Å². The molecule has 0 radical (unpaired) electrons. The molecule has 0 bridgehead atoms. The van der Waals surface area contributed by atoms with E-state index in [-0.39, 0.29) is 22.9 Å². The molecule has 1 aliphatic rings. The monoisotopic (exact) mass is 383 g/mol. The average Bonchev–Trinajstić information content (AvgIpc) is 2.83. The summed E-state index contributed by atoms with van der Waals surface area (Å²) in [6.45, 7) is 0. The highest BCUT2D eigenvalue weighted by atomic mass is 32.2. The van der Waals surface area contributed by atoms with Crippen LogP contribution in [0.5, 0.6) is 11.6 Å². The number of nitro groups is 1. The van der Waals surface area contributed by atoms with Crippen molar-refractivity contribution < 1.29 is 14.8 Å². The van der Waals surface area contributed by atoms with Crippen molar-refractivity contribution in [3.05, 3.63) is 58.1 Å². The minimum absolute atomic E-state index is 0.107. The molecule has 4 rings (SSSR count). The molecule has 0 fully saturated rings. The van der Waals surface area contributed by atoms with E-state index in [1.807, 2.05) is 24.5 Å². The Bertz CT molecular complexity index is 1050. The molecule has 0 amide bonds. The fourth-order valence-electron chi connectivity index (χ4n) is 2.79. The molecule has 0 saturated heterocycles. The summed E-state index contributed by atoms with van der Waals surface area (Å²) in [6, 6.07) is 11.1. The van der Waals surface area contributed by atoms with Gasteiger partial charge in [-0.25, -0.2) is 0 Å². The second-order valence-electron chi connectivity index (χ2n) is 5.64. The first-order valence-electron chi connectivity index (χ1n) is 7.85. The van der Waals surface area contributed by atoms with Gasteiger partial charge in [0.1, 0.15) is 5.75 Å². The molecule has 2 N–H and O–H groups in total. The number of phenolic OH excluding ortho intramolecular Hbond substituents is 1. The van der Waals surface area contributed by atoms with Gasteiger partial charge in [-0.15, -0.1) is 10.2 Å². The molecule has 1 aliphatic heterocycles. The largest absolute Gasteiger partial charge is 0.508 e. The van der Waals surface area contributed by atoms with Crippen molar-refractivity contribution in [2.45, 2.75) is 11.4 Å². The highest BCUT2D eigenvalue weighted by molar-refractivity contribution is 7.98. The molecule has 0 aliphatic carbocycles. The fourth-order valence-corrected chi connectivity index (χ4v) is 3.09. The van der Waals surface area contributed by atoms with Gasteiger partial charge in [0.2, 0.25) is 17.3 Å². The van der Waals surface area contributed by atoms with E-state index in [1.54, 1.807) is 6.07 Å². The molecule has 136 valence electrons. The summed E-state index contributed by atoms with van der Waals surface area (Å²) in [6.07, 6.45) is 0.857. The van der Waals surface area contributed by atoms with Crippen molar-refractivity contribution >= 4 is 23.1 Å². The molecular formula is C17H13N5O4S. The van der Waals surface area contributed by atoms with Crippen molar-refractivity contribution in [2.24, 2.45) is 0 Å². The topological polar surface area (TPSA) is 123 Å². The van der Waals surface area contributed by atoms with E-state index in [2.05, 4.69) is 20.5 Å². The van der Waals surface area contributed by atoms with E-state index in [1.165, 1.54) is 30.0 Å². The molecule has 1 aromatic heterocycles. The molecule has 9 nitrogen and oxygen atoms in total. The Morgan fingerprint density at radius 3 is 2.85 bits per heavy atom. The molecule has 3 aromatic rings. The van der Waals surface area contributed by atoms with Gasteiger partial charge >= 0.3 is 0 Å². The summed E-state index contributed by atoms with van der Waals surface area (Å²) < 4.78 is 5.96. The van der Waals surface area contributed by atoms with E-state index in [0.717, 1.165) is 0 Å². The summed E-state index contributed by atoms with van der Waals surface area (Å²) in [5.41, 5.74) is 1.80. The number of aromatic nitrogens is 3. The number of para-hydroxylation sites is 1. The van der Waals surface area contributed by atoms with Gasteiger partial charge < -0.3 is 15.2 Å². The molecule has 27 heavy (non-hydrogen) atoms. The van der Waals surface area contributed by atoms with Crippen molar-refractivity contribution in [2.75, 3.05) is 11.6 Å². The highest BCUT2D eigenvalue weighted by Gasteiger charge is 2.30. The highest BCUT2D eigenvalue weighted by Crippen LogP contribution is 2.41. The number of thioether (sulfide) groups is 1. The Labute approximate surface area is 157 Å². The standard InChI is InChI=1S/C17H13N5O4S/c1-27-17-19-16-14(20-21-17)10-4-2-3-5-12(10)18-15(26-16)11-8-9(23)6-7-13(11)22(24)25/h2-8,15,18,23H,1H3/t15-/m0/s1. The number of nitrogens with one attached hydrogen (secondary N) is 1. The van der Waals surface area contributed by atoms with Gasteiger partial charge in [0.25, 0.3) is 5.69 Å². The normalized spacial score (nSPS) is 14.9. The van der Waals surface area contributed by atoms with Crippen LogP contribution >= 0.6 is 11.8 Å². The SMILES string of the molecule is CSc1nnc2c(n1)O[C@@H](c1cc(O)ccc1[N+](=O)[O-])Nc1ccccc1-2. The van der Waals surface area contributed by atoms with Crippen LogP contribution in [0.25, 0.3) is 11.3 Å². The van der Waals surface area contributed by atoms with Crippen LogP contribution in [0.15, 0.2) is 47.6 Å². The van der Waals surface area contributed by atoms with Gasteiger partial charge in [-0.3, -0.25) is 10.1 Å². The number of benzene rings is 2. The Kier molecular flexibility index (Phi) is 4.24. The number of nitrogens with zero attached hydrogens (tertiary/aromatic N) is 4. The lowest BCUT2D eigenvalue weighted by atomic mass is 10.1. The van der Waals surface area contributed by atoms with Crippen molar-refractivity contribution in [3.8, 4) is 22.9 Å². The first kappa shape index (κ1) is 17.0. The predicted molar refractivity (Wildman–Crippen MR) is 98.8 cm³/mol. The summed E-state index contributed by atoms with van der Waals surface area (Å²) in [5, 5.41) is 33.1. The van der Waals surface area contributed by atoms with Crippen molar-refractivity contribution in [1.29, 1.82) is 0 Å². The average molecular weight is 383 g/mol. The van der Waals surface area contributed by atoms with E-state index in [0.29, 0.717) is 22.1 Å². The lowest BCUT2D eigenvalue weighted by Crippen LogP contribution is -2.18. The van der Waals surface area contributed by atoms with E-state index in [4.69, 9.17) is 4.74 Å². The van der Waals surface area contributed by atoms with Crippen LogP contribution in [-0.2, 0) is 0 Å². The number of hydrogen-bond acceptors (Lipinski definition) is 9. The van der Waals surface area contributed by atoms with Crippen LogP contribution in [0, 0.1) is 10.1 Å². The second kappa shape index (κ2) is 6.72. The maximum Gasteiger partial charge on any atom is 0.278 e. The fraction of sp³-hybridized carbons (Fsp3) is 0.118. The number of nitro benzene ring substituents is 1. The molecule has 0 spiro atoms. The van der Waals surface area contributed by atoms with Crippen LogP contribution in [-0.4, -0.2) is 31.5 Å². The molecule has 0 unspecified atom stereocenters. The predicted octanol–water partition coefficient (Wildman–Crippen LogP) is 3.38. The number of ether oxygens (including phenoxy) is 1. The second-order valence-corrected chi connectivity index (χ2v) is 6.41. The van der Waals surface area contributed by atoms with E-state index < -0.39 is 11.2 Å². The molecular weight excluding hydrogens is 370 g/mol. The quantitative estimate of drug-likeness (QED) is 0.398. The Balaban J connectivity index is 1.91. The third-order valence-corrected chi connectivity index (χ3v) is 4.54. The maximum atomic E-state index is 11.5. The number of rotatable bonds is 3. The van der Waals surface area contributed by atoms with E-state index in [9.17, 15) is 15.2 Å². The zero-order valence-electron chi connectivity index (χ0n) is 14.0. The van der Waals surface area contributed by atoms with Crippen molar-refractivity contribution in [3.63, 3.8) is 0 Å². The first-order chi connectivity index (χ1) is 13.1. The summed E-state index contributed by atoms with van der Waals surface area (Å²) in [5.74, 6) is 0.0961. The lowest BCUT2D eigenvalue weighted by Gasteiger charge is -2.19. The number of phenols is 1. The van der Waals surface area contributed by atoms with Gasteiger partial charge in [-0.2, -0.15) is 4.98 Å². The molecule has 2 aromatic carbocycles. The van der Waals surface area contributed by atoms with Crippen LogP contribution < -0.4 is 10.1 Å². The minimum Gasteiger partial charge on any atom is -0.508 e. The third-order valence-electron chi connectivity index (χ3n) is 4.01. The van der Waals surface area contributed by atoms with Gasteiger partial charge in [-0.05, 0) is 24.5 Å². The lowest BCUT2D eigenvalue weighted by molar-refractivity contribution is -0.386. The van der Waals surface area contributed by atoms with Crippen LogP contribution in [0.4, 0.5) is 11.4 Å². The Morgan fingerprint density at radius 2 is 2.07 bits per heavy atom. The zero-order chi connectivity index (χ0) is 19.0. The van der Waals surface area contributed by atoms with Gasteiger partial charge in [0, 0.05) is 17.3 Å². The smallest absolute Gasteiger partial charge is 0.278 e. The first-order valence-corrected chi connectivity index (χ1v) is 9.08. The molecule has 2 heterocycles. The van der Waals surface area contributed by atoms with E-state index >= 15 is 0 Å². The zero-order valence-corrected chi connectivity index (χ0v) is 14.8. The van der Waals surface area contributed by atoms with Crippen LogP contribution in [0.3, 0.4) is 0 Å². The number of anilines is 1. The number of fused-ring (bicyclic) bond motifs is 3. The van der Waals surface area contributed by atoms with Crippen molar-refractivity contribution in [1.82, 2.24) is 15.2 Å². The summed E-state index contributed by atoms with van der Waals surface area (Å²) >= 11 is 1.30. The third kappa shape index (κ3) is 3.10. The van der Waals surface area contributed by atoms with Gasteiger partial charge in [-0.1, -0.05) is 30.0 Å². The Morgan fingerprint density at radius 1 is 1.26 bits per heavy atom. The minimum atomic E-state index is -0.952. The molecule has 0 saturated carbocycles. The summed E-state index contributed by atoms with van der Waals surface area (Å²) in [4.78, 5) is 15.3.